The van der Waals surface area contributed by atoms with Gasteiger partial charge in [0.2, 0.25) is 0 Å². The molecule has 0 amide bonds. The lowest BCUT2D eigenvalue weighted by molar-refractivity contribution is 0.505. The van der Waals surface area contributed by atoms with E-state index in [4.69, 9.17) is 0 Å². The molecule has 0 saturated carbocycles. The first-order chi connectivity index (χ1) is 9.08. The van der Waals surface area contributed by atoms with Crippen molar-refractivity contribution in [3.63, 3.8) is 0 Å². The zero-order valence-corrected chi connectivity index (χ0v) is 13.6. The van der Waals surface area contributed by atoms with E-state index in [2.05, 4.69) is 32.8 Å². The molecule has 0 aliphatic rings. The zero-order chi connectivity index (χ0) is 14.1. The summed E-state index contributed by atoms with van der Waals surface area (Å²) in [6.07, 6.45) is 0. The van der Waals surface area contributed by atoms with E-state index >= 15 is 0 Å². The predicted octanol–water partition coefficient (Wildman–Crippen LogP) is 4.88. The third-order valence-corrected chi connectivity index (χ3v) is 2.58. The first kappa shape index (κ1) is 15.8. The summed E-state index contributed by atoms with van der Waals surface area (Å²) < 4.78 is 1.20. The molecular formula is C15H18IN3. The molecule has 0 bridgehead atoms. The van der Waals surface area contributed by atoms with Crippen LogP contribution in [0.1, 0.15) is 0 Å². The first-order valence-corrected chi connectivity index (χ1v) is 6.99. The maximum atomic E-state index is 4.14. The van der Waals surface area contributed by atoms with Crippen molar-refractivity contribution in [2.75, 3.05) is 21.1 Å². The summed E-state index contributed by atoms with van der Waals surface area (Å²) in [5, 5.41) is 8.27. The number of benzene rings is 2. The summed E-state index contributed by atoms with van der Waals surface area (Å²) >= 11 is 2.26. The van der Waals surface area contributed by atoms with Crippen LogP contribution in [0.3, 0.4) is 0 Å². The monoisotopic (exact) mass is 367 g/mol. The molecule has 0 unspecified atom stereocenters. The van der Waals surface area contributed by atoms with Gasteiger partial charge in [0, 0.05) is 3.57 Å². The molecule has 3 nitrogen and oxygen atoms in total. The number of azo groups is 1. The Morgan fingerprint density at radius 2 is 1.16 bits per heavy atom. The molecule has 0 radical (unpaired) electrons. The summed E-state index contributed by atoms with van der Waals surface area (Å²) in [5.74, 6) is 0. The van der Waals surface area contributed by atoms with Gasteiger partial charge in [-0.3, -0.25) is 0 Å². The van der Waals surface area contributed by atoms with Crippen molar-refractivity contribution in [3.05, 3.63) is 58.2 Å². The minimum absolute atomic E-state index is 0.871. The fourth-order valence-corrected chi connectivity index (χ4v) is 1.48. The molecule has 0 aliphatic carbocycles. The van der Waals surface area contributed by atoms with Crippen molar-refractivity contribution in [2.45, 2.75) is 0 Å². The standard InChI is InChI=1S/C12H9IN2.C3H9N/c13-10-6-8-12(9-7-10)15-14-11-4-2-1-3-5-11;1-4(2)3/h1-9H;1-3H3/b15-14+;. The van der Waals surface area contributed by atoms with Gasteiger partial charge in [-0.2, -0.15) is 10.2 Å². The molecule has 0 heterocycles. The average Bonchev–Trinajstić information content (AvgIpc) is 2.39. The SMILES string of the molecule is CN(C)C.Ic1ccc(/N=N/c2ccccc2)cc1. The molecular weight excluding hydrogens is 349 g/mol. The summed E-state index contributed by atoms with van der Waals surface area (Å²) in [4.78, 5) is 2.00. The molecule has 2 aromatic carbocycles. The molecule has 0 aromatic heterocycles. The number of halogens is 1. The van der Waals surface area contributed by atoms with Gasteiger partial charge < -0.3 is 4.90 Å². The van der Waals surface area contributed by atoms with Crippen LogP contribution in [0.4, 0.5) is 11.4 Å². The highest BCUT2D eigenvalue weighted by Gasteiger charge is 1.89. The van der Waals surface area contributed by atoms with Crippen LogP contribution in [-0.4, -0.2) is 26.0 Å². The molecule has 2 rings (SSSR count). The van der Waals surface area contributed by atoms with Crippen molar-refractivity contribution in [1.82, 2.24) is 4.90 Å². The Labute approximate surface area is 128 Å². The zero-order valence-electron chi connectivity index (χ0n) is 11.4. The van der Waals surface area contributed by atoms with Crippen LogP contribution in [0, 0.1) is 3.57 Å². The van der Waals surface area contributed by atoms with Crippen LogP contribution in [0.25, 0.3) is 0 Å². The van der Waals surface area contributed by atoms with Crippen LogP contribution in [0.5, 0.6) is 0 Å². The third-order valence-electron chi connectivity index (χ3n) is 1.86. The second-order valence-corrected chi connectivity index (χ2v) is 5.60. The minimum atomic E-state index is 0.871. The van der Waals surface area contributed by atoms with Gasteiger partial charge in [0.15, 0.2) is 0 Å². The van der Waals surface area contributed by atoms with Crippen LogP contribution >= 0.6 is 22.6 Å². The molecule has 0 N–H and O–H groups in total. The van der Waals surface area contributed by atoms with Gasteiger partial charge in [0.05, 0.1) is 11.4 Å². The molecule has 0 atom stereocenters. The highest BCUT2D eigenvalue weighted by molar-refractivity contribution is 14.1. The van der Waals surface area contributed by atoms with E-state index in [0.29, 0.717) is 0 Å². The Hall–Kier alpha value is -1.27. The van der Waals surface area contributed by atoms with Crippen LogP contribution < -0.4 is 0 Å². The van der Waals surface area contributed by atoms with Gasteiger partial charge >= 0.3 is 0 Å². The van der Waals surface area contributed by atoms with Crippen LogP contribution in [-0.2, 0) is 0 Å². The molecule has 0 aliphatic heterocycles. The lowest BCUT2D eigenvalue weighted by Crippen LogP contribution is -1.99. The van der Waals surface area contributed by atoms with Crippen molar-refractivity contribution < 1.29 is 0 Å². The molecule has 4 heteroatoms. The van der Waals surface area contributed by atoms with Crippen LogP contribution in [0.2, 0.25) is 0 Å². The summed E-state index contributed by atoms with van der Waals surface area (Å²) in [6, 6.07) is 17.6. The quantitative estimate of drug-likeness (QED) is 0.549. The average molecular weight is 367 g/mol. The number of rotatable bonds is 2. The molecule has 0 spiro atoms. The molecule has 0 saturated heterocycles. The maximum absolute atomic E-state index is 4.14. The Balaban J connectivity index is 0.000000399. The Morgan fingerprint density at radius 1 is 0.737 bits per heavy atom. The van der Waals surface area contributed by atoms with Crippen molar-refractivity contribution in [3.8, 4) is 0 Å². The lowest BCUT2D eigenvalue weighted by atomic mass is 10.3. The van der Waals surface area contributed by atoms with Gasteiger partial charge in [-0.05, 0) is 80.1 Å². The second-order valence-electron chi connectivity index (χ2n) is 4.35. The Bertz CT molecular complexity index is 490. The third kappa shape index (κ3) is 7.69. The van der Waals surface area contributed by atoms with E-state index in [0.717, 1.165) is 11.4 Å². The Morgan fingerprint density at radius 3 is 1.63 bits per heavy atom. The van der Waals surface area contributed by atoms with E-state index in [1.807, 2.05) is 80.6 Å². The van der Waals surface area contributed by atoms with Gasteiger partial charge in [-0.25, -0.2) is 0 Å². The first-order valence-electron chi connectivity index (χ1n) is 5.91. The normalized spacial score (nSPS) is 10.4. The number of hydrogen-bond donors (Lipinski definition) is 0. The maximum Gasteiger partial charge on any atom is 0.0857 e. The largest absolute Gasteiger partial charge is 0.312 e. The topological polar surface area (TPSA) is 28.0 Å². The van der Waals surface area contributed by atoms with Gasteiger partial charge in [0.25, 0.3) is 0 Å². The van der Waals surface area contributed by atoms with E-state index in [1.165, 1.54) is 3.57 Å². The highest BCUT2D eigenvalue weighted by atomic mass is 127. The predicted molar refractivity (Wildman–Crippen MR) is 89.4 cm³/mol. The van der Waals surface area contributed by atoms with Gasteiger partial charge in [0.1, 0.15) is 0 Å². The summed E-state index contributed by atoms with van der Waals surface area (Å²) in [6.45, 7) is 0. The van der Waals surface area contributed by atoms with E-state index < -0.39 is 0 Å². The van der Waals surface area contributed by atoms with E-state index in [-0.39, 0.29) is 0 Å². The van der Waals surface area contributed by atoms with E-state index in [1.54, 1.807) is 0 Å². The summed E-state index contributed by atoms with van der Waals surface area (Å²) in [5.41, 5.74) is 1.75. The van der Waals surface area contributed by atoms with Crippen LogP contribution in [0.15, 0.2) is 64.8 Å². The molecule has 2 aromatic rings. The number of hydrogen-bond acceptors (Lipinski definition) is 3. The summed E-state index contributed by atoms with van der Waals surface area (Å²) in [7, 11) is 6.00. The smallest absolute Gasteiger partial charge is 0.0857 e. The van der Waals surface area contributed by atoms with Gasteiger partial charge in [-0.1, -0.05) is 18.2 Å². The fraction of sp³-hybridized carbons (Fsp3) is 0.200. The molecule has 100 valence electrons. The fourth-order valence-electron chi connectivity index (χ4n) is 1.12. The highest BCUT2D eigenvalue weighted by Crippen LogP contribution is 2.18. The second kappa shape index (κ2) is 8.77. The number of nitrogens with zero attached hydrogens (tertiary/aromatic N) is 3. The Kier molecular flexibility index (Phi) is 7.28. The molecule has 0 fully saturated rings. The van der Waals surface area contributed by atoms with E-state index in [9.17, 15) is 0 Å². The van der Waals surface area contributed by atoms with Crippen molar-refractivity contribution in [1.29, 1.82) is 0 Å². The van der Waals surface area contributed by atoms with Gasteiger partial charge in [-0.15, -0.1) is 0 Å². The minimum Gasteiger partial charge on any atom is -0.312 e. The lowest BCUT2D eigenvalue weighted by Gasteiger charge is -1.93. The van der Waals surface area contributed by atoms with Crippen molar-refractivity contribution in [2.24, 2.45) is 10.2 Å². The van der Waals surface area contributed by atoms with Crippen molar-refractivity contribution >= 4 is 34.0 Å². The molecule has 19 heavy (non-hydrogen) atoms.